The number of ether oxygens (including phenoxy) is 2. The molecule has 8 heteroatoms. The first kappa shape index (κ1) is 27.7. The summed E-state index contributed by atoms with van der Waals surface area (Å²) in [5, 5.41) is 3.01. The molecular formula is C31H32N2O5S. The van der Waals surface area contributed by atoms with E-state index in [1.165, 1.54) is 23.5 Å². The molecule has 202 valence electrons. The quantitative estimate of drug-likeness (QED) is 0.251. The molecule has 0 aliphatic heterocycles. The van der Waals surface area contributed by atoms with E-state index >= 15 is 0 Å². The second kappa shape index (κ2) is 12.5. The molecule has 0 saturated carbocycles. The van der Waals surface area contributed by atoms with Gasteiger partial charge in [0, 0.05) is 0 Å². The predicted octanol–water partition coefficient (Wildman–Crippen LogP) is 5.98. The maximum atomic E-state index is 14.0. The number of anilines is 1. The van der Waals surface area contributed by atoms with Crippen molar-refractivity contribution in [2.75, 3.05) is 18.0 Å². The monoisotopic (exact) mass is 544 g/mol. The van der Waals surface area contributed by atoms with Gasteiger partial charge in [0.2, 0.25) is 0 Å². The van der Waals surface area contributed by atoms with E-state index in [-0.39, 0.29) is 34.6 Å². The van der Waals surface area contributed by atoms with Crippen molar-refractivity contribution in [3.8, 4) is 11.5 Å². The van der Waals surface area contributed by atoms with Crippen molar-refractivity contribution in [2.24, 2.45) is 0 Å². The SMILES string of the molecule is CCOc1ccc([C@@H](C)NC(=O)c2ccccc2N(Cc2ccccc2)S(=O)(=O)c2ccc(OC)cc2)cc1. The van der Waals surface area contributed by atoms with Gasteiger partial charge < -0.3 is 14.8 Å². The van der Waals surface area contributed by atoms with Gasteiger partial charge in [-0.1, -0.05) is 54.6 Å². The summed E-state index contributed by atoms with van der Waals surface area (Å²) >= 11 is 0. The lowest BCUT2D eigenvalue weighted by Gasteiger charge is -2.27. The van der Waals surface area contributed by atoms with E-state index in [4.69, 9.17) is 9.47 Å². The Kier molecular flexibility index (Phi) is 8.88. The summed E-state index contributed by atoms with van der Waals surface area (Å²) in [4.78, 5) is 13.6. The third kappa shape index (κ3) is 6.59. The molecular weight excluding hydrogens is 512 g/mol. The van der Waals surface area contributed by atoms with Crippen LogP contribution in [0.15, 0.2) is 108 Å². The summed E-state index contributed by atoms with van der Waals surface area (Å²) < 4.78 is 39.9. The molecule has 1 amide bonds. The van der Waals surface area contributed by atoms with Gasteiger partial charge in [-0.2, -0.15) is 0 Å². The Morgan fingerprint density at radius 1 is 0.846 bits per heavy atom. The van der Waals surface area contributed by atoms with Gasteiger partial charge in [0.15, 0.2) is 0 Å². The molecule has 0 spiro atoms. The molecule has 0 aromatic heterocycles. The van der Waals surface area contributed by atoms with Crippen LogP contribution in [-0.2, 0) is 16.6 Å². The highest BCUT2D eigenvalue weighted by Gasteiger charge is 2.29. The summed E-state index contributed by atoms with van der Waals surface area (Å²) in [6.45, 7) is 4.42. The van der Waals surface area contributed by atoms with Crippen molar-refractivity contribution in [1.82, 2.24) is 5.32 Å². The predicted molar refractivity (Wildman–Crippen MR) is 153 cm³/mol. The van der Waals surface area contributed by atoms with Crippen molar-refractivity contribution in [3.63, 3.8) is 0 Å². The number of carbonyl (C=O) groups excluding carboxylic acids is 1. The second-order valence-electron chi connectivity index (χ2n) is 8.89. The number of nitrogens with zero attached hydrogens (tertiary/aromatic N) is 1. The molecule has 1 N–H and O–H groups in total. The molecule has 1 atom stereocenters. The van der Waals surface area contributed by atoms with Crippen molar-refractivity contribution in [1.29, 1.82) is 0 Å². The molecule has 0 heterocycles. The van der Waals surface area contributed by atoms with Crippen molar-refractivity contribution in [3.05, 3.63) is 120 Å². The highest BCUT2D eigenvalue weighted by atomic mass is 32.2. The van der Waals surface area contributed by atoms with Gasteiger partial charge in [-0.15, -0.1) is 0 Å². The number of hydrogen-bond acceptors (Lipinski definition) is 5. The van der Waals surface area contributed by atoms with Crippen molar-refractivity contribution < 1.29 is 22.7 Å². The summed E-state index contributed by atoms with van der Waals surface area (Å²) in [7, 11) is -2.52. The number of para-hydroxylation sites is 1. The highest BCUT2D eigenvalue weighted by Crippen LogP contribution is 2.30. The average molecular weight is 545 g/mol. The zero-order chi connectivity index (χ0) is 27.8. The molecule has 0 aliphatic carbocycles. The first-order chi connectivity index (χ1) is 18.8. The number of nitrogens with one attached hydrogen (secondary N) is 1. The number of benzene rings is 4. The fraction of sp³-hybridized carbons (Fsp3) is 0.194. The summed E-state index contributed by atoms with van der Waals surface area (Å²) in [6.07, 6.45) is 0. The smallest absolute Gasteiger partial charge is 0.264 e. The molecule has 7 nitrogen and oxygen atoms in total. The van der Waals surface area contributed by atoms with E-state index in [9.17, 15) is 13.2 Å². The molecule has 0 bridgehead atoms. The highest BCUT2D eigenvalue weighted by molar-refractivity contribution is 7.92. The Morgan fingerprint density at radius 2 is 1.46 bits per heavy atom. The van der Waals surface area contributed by atoms with Crippen LogP contribution < -0.4 is 19.1 Å². The number of hydrogen-bond donors (Lipinski definition) is 1. The normalized spacial score (nSPS) is 11.9. The zero-order valence-corrected chi connectivity index (χ0v) is 23.0. The molecule has 39 heavy (non-hydrogen) atoms. The molecule has 0 fully saturated rings. The molecule has 0 unspecified atom stereocenters. The van der Waals surface area contributed by atoms with Gasteiger partial charge in [0.25, 0.3) is 15.9 Å². The Bertz CT molecular complexity index is 1490. The molecule has 0 aliphatic rings. The lowest BCUT2D eigenvalue weighted by molar-refractivity contribution is 0.0940. The third-order valence-electron chi connectivity index (χ3n) is 6.27. The van der Waals surface area contributed by atoms with Crippen LogP contribution in [-0.4, -0.2) is 28.0 Å². The van der Waals surface area contributed by atoms with Gasteiger partial charge in [-0.05, 0) is 73.5 Å². The lowest BCUT2D eigenvalue weighted by Crippen LogP contribution is -2.34. The first-order valence-electron chi connectivity index (χ1n) is 12.7. The Labute approximate surface area is 230 Å². The fourth-order valence-corrected chi connectivity index (χ4v) is 5.66. The number of methoxy groups -OCH3 is 1. The summed E-state index contributed by atoms with van der Waals surface area (Å²) in [6, 6.07) is 29.4. The van der Waals surface area contributed by atoms with Crippen molar-refractivity contribution in [2.45, 2.75) is 31.3 Å². The molecule has 4 rings (SSSR count). The van der Waals surface area contributed by atoms with Crippen LogP contribution in [0.2, 0.25) is 0 Å². The maximum absolute atomic E-state index is 14.0. The maximum Gasteiger partial charge on any atom is 0.264 e. The van der Waals surface area contributed by atoms with Gasteiger partial charge in [0.1, 0.15) is 11.5 Å². The largest absolute Gasteiger partial charge is 0.497 e. The lowest BCUT2D eigenvalue weighted by atomic mass is 10.1. The van der Waals surface area contributed by atoms with E-state index in [2.05, 4.69) is 5.32 Å². The minimum absolute atomic E-state index is 0.0495. The second-order valence-corrected chi connectivity index (χ2v) is 10.7. The molecule has 4 aromatic carbocycles. The van der Waals surface area contributed by atoms with Crippen LogP contribution in [0.3, 0.4) is 0 Å². The minimum Gasteiger partial charge on any atom is -0.497 e. The van der Waals surface area contributed by atoms with Gasteiger partial charge in [-0.25, -0.2) is 8.42 Å². The summed E-state index contributed by atoms with van der Waals surface area (Å²) in [5.74, 6) is 0.923. The van der Waals surface area contributed by atoms with Crippen LogP contribution >= 0.6 is 0 Å². The van der Waals surface area contributed by atoms with Crippen LogP contribution in [0, 0.1) is 0 Å². The number of rotatable bonds is 11. The van der Waals surface area contributed by atoms with E-state index in [0.717, 1.165) is 16.9 Å². The van der Waals surface area contributed by atoms with Gasteiger partial charge in [-0.3, -0.25) is 9.10 Å². The standard InChI is InChI=1S/C31H32N2O5S/c1-4-38-27-16-14-25(15-17-27)23(2)32-31(34)29-12-8-9-13-30(29)33(22-24-10-6-5-7-11-24)39(35,36)28-20-18-26(37-3)19-21-28/h5-21,23H,4,22H2,1-3H3,(H,32,34)/t23-/m1/s1. The minimum atomic E-state index is -4.04. The Balaban J connectivity index is 1.69. The van der Waals surface area contributed by atoms with Crippen molar-refractivity contribution >= 4 is 21.6 Å². The summed E-state index contributed by atoms with van der Waals surface area (Å²) in [5.41, 5.74) is 2.22. The third-order valence-corrected chi connectivity index (χ3v) is 8.05. The van der Waals surface area contributed by atoms with Gasteiger partial charge in [0.05, 0.1) is 42.4 Å². The van der Waals surface area contributed by atoms with E-state index < -0.39 is 10.0 Å². The Hall–Kier alpha value is -4.30. The zero-order valence-electron chi connectivity index (χ0n) is 22.2. The average Bonchev–Trinajstić information content (AvgIpc) is 2.97. The van der Waals surface area contributed by atoms with E-state index in [1.54, 1.807) is 36.4 Å². The molecule has 4 aromatic rings. The van der Waals surface area contributed by atoms with Crippen LogP contribution in [0.4, 0.5) is 5.69 Å². The number of amides is 1. The van der Waals surface area contributed by atoms with Gasteiger partial charge >= 0.3 is 0 Å². The van der Waals surface area contributed by atoms with Crippen LogP contribution in [0.25, 0.3) is 0 Å². The van der Waals surface area contributed by atoms with Crippen LogP contribution in [0.5, 0.6) is 11.5 Å². The van der Waals surface area contributed by atoms with E-state index in [0.29, 0.717) is 12.4 Å². The molecule has 0 saturated heterocycles. The topological polar surface area (TPSA) is 84.9 Å². The number of sulfonamides is 1. The van der Waals surface area contributed by atoms with E-state index in [1.807, 2.05) is 68.4 Å². The molecule has 0 radical (unpaired) electrons. The fourth-order valence-electron chi connectivity index (χ4n) is 4.18. The first-order valence-corrected chi connectivity index (χ1v) is 14.1. The number of carbonyl (C=O) groups is 1. The van der Waals surface area contributed by atoms with Crippen LogP contribution in [0.1, 0.15) is 41.4 Å². The Morgan fingerprint density at radius 3 is 2.10 bits per heavy atom.